The molecular weight excluding hydrogens is 416 g/mol. The average Bonchev–Trinajstić information content (AvgIpc) is 1.81. The normalized spacial score (nSPS) is 13.6. The van der Waals surface area contributed by atoms with E-state index in [-0.39, 0.29) is 13.2 Å². The summed E-state index contributed by atoms with van der Waals surface area (Å²) < 4.78 is 2.40. The molecule has 0 spiro atoms. The van der Waals surface area contributed by atoms with Gasteiger partial charge >= 0.3 is 0 Å². The van der Waals surface area contributed by atoms with Gasteiger partial charge in [0.1, 0.15) is 0 Å². The van der Waals surface area contributed by atoms with Crippen molar-refractivity contribution >= 4 is 63.7 Å². The molecule has 0 heterocycles. The maximum atomic E-state index is 9.30. The highest BCUT2D eigenvalue weighted by atomic mass is 79.9. The van der Waals surface area contributed by atoms with Crippen LogP contribution < -0.4 is 0 Å². The molecule has 0 atom stereocenters. The highest BCUT2D eigenvalue weighted by molar-refractivity contribution is 9.30. The predicted octanol–water partition coefficient (Wildman–Crippen LogP) is 1.87. The molecule has 0 saturated carbocycles. The third kappa shape index (κ3) is 4.54. The third-order valence-corrected chi connectivity index (χ3v) is 5.58. The molecule has 0 radical (unpaired) electrons. The quantitative estimate of drug-likeness (QED) is 0.682. The fourth-order valence-electron chi connectivity index (χ4n) is 0.261. The van der Waals surface area contributed by atoms with E-state index in [1.54, 1.807) is 0 Å². The molecule has 0 aliphatic heterocycles. The molecule has 0 bridgehead atoms. The molecule has 3 nitrogen and oxygen atoms in total. The van der Waals surface area contributed by atoms with Crippen molar-refractivity contribution in [3.8, 4) is 0 Å². The summed E-state index contributed by atoms with van der Waals surface area (Å²) in [5, 5.41) is 17.7. The summed E-state index contributed by atoms with van der Waals surface area (Å²) in [6, 6.07) is 0. The first-order valence-corrected chi connectivity index (χ1v) is 5.71. The van der Waals surface area contributed by atoms with Crippen molar-refractivity contribution in [3.63, 3.8) is 0 Å². The predicted molar refractivity (Wildman–Crippen MR) is 56.4 cm³/mol. The Hall–Kier alpha value is 1.80. The third-order valence-electron chi connectivity index (χ3n) is 0.725. The lowest BCUT2D eigenvalue weighted by atomic mass is 10.7. The lowest BCUT2D eigenvalue weighted by Gasteiger charge is -2.29. The SMILES string of the molecule is OCCOC(Br)(Br)C(O)(Br)Br. The van der Waals surface area contributed by atoms with Gasteiger partial charge in [0.05, 0.1) is 13.2 Å². The van der Waals surface area contributed by atoms with Crippen LogP contribution in [0.2, 0.25) is 0 Å². The van der Waals surface area contributed by atoms with Crippen LogP contribution >= 0.6 is 63.7 Å². The molecule has 68 valence electrons. The van der Waals surface area contributed by atoms with Gasteiger partial charge in [-0.1, -0.05) is 0 Å². The van der Waals surface area contributed by atoms with Crippen LogP contribution in [0.3, 0.4) is 0 Å². The molecule has 0 aromatic carbocycles. The summed E-state index contributed by atoms with van der Waals surface area (Å²) in [5.41, 5.74) is 0. The Kier molecular flexibility index (Phi) is 5.67. The Morgan fingerprint density at radius 3 is 1.91 bits per heavy atom. The minimum atomic E-state index is -1.43. The molecule has 0 aliphatic carbocycles. The highest BCUT2D eigenvalue weighted by Crippen LogP contribution is 2.46. The summed E-state index contributed by atoms with van der Waals surface area (Å²) in [5.74, 6) is 0. The molecule has 0 fully saturated rings. The molecule has 0 saturated heterocycles. The monoisotopic (exact) mass is 418 g/mol. The van der Waals surface area contributed by atoms with Gasteiger partial charge in [-0.05, 0) is 63.7 Å². The lowest BCUT2D eigenvalue weighted by Crippen LogP contribution is -2.37. The van der Waals surface area contributed by atoms with Crippen molar-refractivity contribution in [2.45, 2.75) is 6.84 Å². The van der Waals surface area contributed by atoms with Crippen LogP contribution in [0.5, 0.6) is 0 Å². The molecule has 2 N–H and O–H groups in total. The Labute approximate surface area is 98.0 Å². The summed E-state index contributed by atoms with van der Waals surface area (Å²) in [7, 11) is 0. The first kappa shape index (κ1) is 12.8. The van der Waals surface area contributed by atoms with Crippen molar-refractivity contribution in [3.05, 3.63) is 0 Å². The van der Waals surface area contributed by atoms with E-state index in [1.807, 2.05) is 0 Å². The Morgan fingerprint density at radius 1 is 1.18 bits per heavy atom. The van der Waals surface area contributed by atoms with E-state index >= 15 is 0 Å². The van der Waals surface area contributed by atoms with Crippen molar-refractivity contribution < 1.29 is 14.9 Å². The van der Waals surface area contributed by atoms with Gasteiger partial charge in [0, 0.05) is 0 Å². The molecule has 0 aromatic rings. The van der Waals surface area contributed by atoms with E-state index in [0.717, 1.165) is 0 Å². The van der Waals surface area contributed by atoms with E-state index in [1.165, 1.54) is 0 Å². The smallest absolute Gasteiger partial charge is 0.227 e. The number of halogens is 4. The molecule has 0 unspecified atom stereocenters. The van der Waals surface area contributed by atoms with E-state index < -0.39 is 6.84 Å². The molecule has 11 heavy (non-hydrogen) atoms. The van der Waals surface area contributed by atoms with Crippen molar-refractivity contribution in [1.82, 2.24) is 0 Å². The maximum Gasteiger partial charge on any atom is 0.227 e. The van der Waals surface area contributed by atoms with Crippen LogP contribution in [0, 0.1) is 0 Å². The maximum absolute atomic E-state index is 9.30. The van der Waals surface area contributed by atoms with Gasteiger partial charge < -0.3 is 14.9 Å². The van der Waals surface area contributed by atoms with Gasteiger partial charge in [-0.2, -0.15) is 0 Å². The number of aliphatic hydroxyl groups excluding tert-OH is 1. The van der Waals surface area contributed by atoms with Crippen LogP contribution in [0.25, 0.3) is 0 Å². The Morgan fingerprint density at radius 2 is 1.64 bits per heavy atom. The molecule has 0 aromatic heterocycles. The summed E-state index contributed by atoms with van der Waals surface area (Å²) >= 11 is 11.9. The second kappa shape index (κ2) is 4.88. The second-order valence-corrected chi connectivity index (χ2v) is 8.29. The van der Waals surface area contributed by atoms with Crippen LogP contribution in [0.1, 0.15) is 0 Å². The first-order chi connectivity index (χ1) is 4.81. The minimum absolute atomic E-state index is 0.107. The summed E-state index contributed by atoms with van der Waals surface area (Å²) in [6.07, 6.45) is 0. The number of hydrogen-bond donors (Lipinski definition) is 2. The van der Waals surface area contributed by atoms with Crippen LogP contribution in [-0.2, 0) is 4.74 Å². The van der Waals surface area contributed by atoms with E-state index in [4.69, 9.17) is 9.84 Å². The molecule has 0 rings (SSSR count). The average molecular weight is 422 g/mol. The number of aliphatic hydroxyl groups is 2. The van der Waals surface area contributed by atoms with E-state index in [2.05, 4.69) is 63.7 Å². The molecule has 7 heteroatoms. The molecule has 0 aliphatic rings. The number of hydrogen-bond acceptors (Lipinski definition) is 3. The minimum Gasteiger partial charge on any atom is -0.394 e. The lowest BCUT2D eigenvalue weighted by molar-refractivity contribution is 0.0146. The highest BCUT2D eigenvalue weighted by Gasteiger charge is 2.44. The largest absolute Gasteiger partial charge is 0.394 e. The zero-order valence-electron chi connectivity index (χ0n) is 5.23. The number of ether oxygens (including phenoxy) is 1. The van der Waals surface area contributed by atoms with Crippen molar-refractivity contribution in [1.29, 1.82) is 0 Å². The van der Waals surface area contributed by atoms with E-state index in [9.17, 15) is 5.11 Å². The topological polar surface area (TPSA) is 49.7 Å². The second-order valence-electron chi connectivity index (χ2n) is 1.63. The summed E-state index contributed by atoms with van der Waals surface area (Å²) in [6.45, 7) is -0.00889. The fraction of sp³-hybridized carbons (Fsp3) is 1.00. The Bertz CT molecular complexity index is 121. The van der Waals surface area contributed by atoms with Crippen molar-refractivity contribution in [2.75, 3.05) is 13.2 Å². The van der Waals surface area contributed by atoms with Crippen LogP contribution in [-0.4, -0.2) is 30.3 Å². The standard InChI is InChI=1S/C4H6Br4O3/c5-3(6,10)4(7,8)11-2-1-9/h9-10H,1-2H2. The number of alkyl halides is 4. The van der Waals surface area contributed by atoms with Gasteiger partial charge in [-0.15, -0.1) is 0 Å². The van der Waals surface area contributed by atoms with E-state index in [0.29, 0.717) is 0 Å². The van der Waals surface area contributed by atoms with Gasteiger partial charge in [0.25, 0.3) is 0 Å². The zero-order valence-corrected chi connectivity index (χ0v) is 11.6. The Balaban J connectivity index is 4.00. The van der Waals surface area contributed by atoms with Gasteiger partial charge in [0.2, 0.25) is 6.84 Å². The van der Waals surface area contributed by atoms with Gasteiger partial charge in [0.15, 0.2) is 0 Å². The fourth-order valence-corrected chi connectivity index (χ4v) is 0.813. The van der Waals surface area contributed by atoms with Crippen LogP contribution in [0.15, 0.2) is 0 Å². The zero-order chi connectivity index (χ0) is 9.12. The van der Waals surface area contributed by atoms with Crippen LogP contribution in [0.4, 0.5) is 0 Å². The van der Waals surface area contributed by atoms with Crippen molar-refractivity contribution in [2.24, 2.45) is 0 Å². The summed E-state index contributed by atoms with van der Waals surface area (Å²) in [4.78, 5) is 0. The molecule has 0 amide bonds. The van der Waals surface area contributed by atoms with Gasteiger partial charge in [-0.3, -0.25) is 0 Å². The van der Waals surface area contributed by atoms with Gasteiger partial charge in [-0.25, -0.2) is 0 Å². The number of rotatable bonds is 4. The first-order valence-electron chi connectivity index (χ1n) is 2.54. The molecular formula is C4H6Br4O3.